The zero-order valence-corrected chi connectivity index (χ0v) is 10.5. The van der Waals surface area contributed by atoms with Gasteiger partial charge in [-0.05, 0) is 20.8 Å². The average molecular weight is 241 g/mol. The molecule has 2 rings (SSSR count). The molecule has 1 unspecified atom stereocenters. The first-order valence-corrected chi connectivity index (χ1v) is 5.86. The van der Waals surface area contributed by atoms with E-state index in [4.69, 9.17) is 4.74 Å². The normalized spacial score (nSPS) is 25.5. The molecule has 2 aliphatic rings. The first-order chi connectivity index (χ1) is 7.87. The minimum atomic E-state index is -0.494. The van der Waals surface area contributed by atoms with Crippen LogP contribution in [0.1, 0.15) is 20.8 Å². The van der Waals surface area contributed by atoms with E-state index < -0.39 is 5.60 Å². The Morgan fingerprint density at radius 1 is 1.41 bits per heavy atom. The van der Waals surface area contributed by atoms with Gasteiger partial charge in [0, 0.05) is 19.6 Å². The summed E-state index contributed by atoms with van der Waals surface area (Å²) in [6, 6.07) is -0.212. The van der Waals surface area contributed by atoms with Crippen molar-refractivity contribution in [2.24, 2.45) is 0 Å². The predicted octanol–water partition coefficient (Wildman–Crippen LogP) is -0.00500. The van der Waals surface area contributed by atoms with Crippen molar-refractivity contribution < 1.29 is 14.3 Å². The van der Waals surface area contributed by atoms with E-state index in [1.165, 1.54) is 0 Å². The van der Waals surface area contributed by atoms with Gasteiger partial charge < -0.3 is 15.0 Å². The van der Waals surface area contributed by atoms with E-state index in [2.05, 4.69) is 5.32 Å². The van der Waals surface area contributed by atoms with Gasteiger partial charge in [0.15, 0.2) is 0 Å². The summed E-state index contributed by atoms with van der Waals surface area (Å²) in [5.74, 6) is -0.00161. The maximum atomic E-state index is 11.9. The largest absolute Gasteiger partial charge is 0.444 e. The fourth-order valence-electron chi connectivity index (χ4n) is 2.05. The SMILES string of the molecule is CC(C)(C)OC(=O)N1CCN2CNC(=O)C2C1. The van der Waals surface area contributed by atoms with Crippen LogP contribution in [0.15, 0.2) is 0 Å². The maximum absolute atomic E-state index is 11.9. The van der Waals surface area contributed by atoms with Gasteiger partial charge >= 0.3 is 6.09 Å². The molecule has 0 aliphatic carbocycles. The molecule has 2 heterocycles. The smallest absolute Gasteiger partial charge is 0.410 e. The maximum Gasteiger partial charge on any atom is 0.410 e. The van der Waals surface area contributed by atoms with E-state index in [0.29, 0.717) is 26.3 Å². The molecule has 2 fully saturated rings. The van der Waals surface area contributed by atoms with Crippen LogP contribution < -0.4 is 5.32 Å². The molecule has 0 bridgehead atoms. The zero-order chi connectivity index (χ0) is 12.6. The minimum Gasteiger partial charge on any atom is -0.444 e. The van der Waals surface area contributed by atoms with Crippen molar-refractivity contribution in [3.05, 3.63) is 0 Å². The Balaban J connectivity index is 1.95. The molecule has 1 atom stereocenters. The van der Waals surface area contributed by atoms with E-state index in [-0.39, 0.29) is 18.0 Å². The van der Waals surface area contributed by atoms with E-state index in [9.17, 15) is 9.59 Å². The van der Waals surface area contributed by atoms with E-state index in [0.717, 1.165) is 0 Å². The monoisotopic (exact) mass is 241 g/mol. The molecule has 0 radical (unpaired) electrons. The molecule has 0 aromatic carbocycles. The summed E-state index contributed by atoms with van der Waals surface area (Å²) >= 11 is 0. The molecular formula is C11H19N3O3. The number of fused-ring (bicyclic) bond motifs is 1. The van der Waals surface area contributed by atoms with Crippen LogP contribution in [0.5, 0.6) is 0 Å². The van der Waals surface area contributed by atoms with Gasteiger partial charge in [-0.15, -0.1) is 0 Å². The molecule has 96 valence electrons. The third kappa shape index (κ3) is 2.69. The summed E-state index contributed by atoms with van der Waals surface area (Å²) in [5, 5.41) is 2.78. The Kier molecular flexibility index (Phi) is 2.99. The summed E-state index contributed by atoms with van der Waals surface area (Å²) in [6.07, 6.45) is -0.336. The second-order valence-electron chi connectivity index (χ2n) is 5.45. The molecule has 0 aromatic heterocycles. The Morgan fingerprint density at radius 3 is 2.76 bits per heavy atom. The minimum absolute atomic E-state index is 0.00161. The van der Waals surface area contributed by atoms with Gasteiger partial charge in [-0.3, -0.25) is 9.69 Å². The van der Waals surface area contributed by atoms with Crippen LogP contribution in [0.3, 0.4) is 0 Å². The number of hydrogen-bond donors (Lipinski definition) is 1. The third-order valence-electron chi connectivity index (χ3n) is 2.90. The fourth-order valence-corrected chi connectivity index (χ4v) is 2.05. The van der Waals surface area contributed by atoms with Crippen LogP contribution in [0.4, 0.5) is 4.79 Å². The van der Waals surface area contributed by atoms with E-state index >= 15 is 0 Å². The lowest BCUT2D eigenvalue weighted by molar-refractivity contribution is -0.122. The Labute approximate surface area is 101 Å². The number of nitrogens with zero attached hydrogens (tertiary/aromatic N) is 2. The van der Waals surface area contributed by atoms with Crippen molar-refractivity contribution in [2.45, 2.75) is 32.4 Å². The number of ether oxygens (including phenoxy) is 1. The van der Waals surface area contributed by atoms with Gasteiger partial charge in [0.05, 0.1) is 6.67 Å². The first kappa shape index (κ1) is 12.2. The number of carbonyl (C=O) groups excluding carboxylic acids is 2. The van der Waals surface area contributed by atoms with Crippen LogP contribution in [-0.2, 0) is 9.53 Å². The average Bonchev–Trinajstić information content (AvgIpc) is 2.57. The lowest BCUT2D eigenvalue weighted by atomic mass is 10.2. The second kappa shape index (κ2) is 4.18. The second-order valence-corrected chi connectivity index (χ2v) is 5.45. The van der Waals surface area contributed by atoms with Crippen molar-refractivity contribution in [2.75, 3.05) is 26.3 Å². The molecule has 0 saturated carbocycles. The number of piperazine rings is 1. The Hall–Kier alpha value is -1.30. The van der Waals surface area contributed by atoms with Crippen molar-refractivity contribution >= 4 is 12.0 Å². The molecule has 1 N–H and O–H groups in total. The standard InChI is InChI=1S/C11H19N3O3/c1-11(2,3)17-10(16)13-4-5-14-7-12-9(15)8(14)6-13/h8H,4-7H2,1-3H3,(H,12,15). The quantitative estimate of drug-likeness (QED) is 0.648. The number of rotatable bonds is 0. The number of amides is 2. The van der Waals surface area contributed by atoms with E-state index in [1.807, 2.05) is 25.7 Å². The predicted molar refractivity (Wildman–Crippen MR) is 61.3 cm³/mol. The summed E-state index contributed by atoms with van der Waals surface area (Å²) in [5.41, 5.74) is -0.494. The zero-order valence-electron chi connectivity index (χ0n) is 10.5. The van der Waals surface area contributed by atoms with Gasteiger partial charge in [-0.1, -0.05) is 0 Å². The molecule has 2 amide bonds. The molecule has 2 saturated heterocycles. The topological polar surface area (TPSA) is 61.9 Å². The summed E-state index contributed by atoms with van der Waals surface area (Å²) in [6.45, 7) is 7.84. The van der Waals surface area contributed by atoms with Gasteiger partial charge in [0.1, 0.15) is 11.6 Å². The highest BCUT2D eigenvalue weighted by Crippen LogP contribution is 2.16. The first-order valence-electron chi connectivity index (χ1n) is 5.86. The fraction of sp³-hybridized carbons (Fsp3) is 0.818. The molecule has 0 spiro atoms. The van der Waals surface area contributed by atoms with Crippen molar-refractivity contribution in [3.63, 3.8) is 0 Å². The highest BCUT2D eigenvalue weighted by Gasteiger charge is 2.39. The lowest BCUT2D eigenvalue weighted by Gasteiger charge is -2.36. The summed E-state index contributed by atoms with van der Waals surface area (Å²) < 4.78 is 5.30. The molecular weight excluding hydrogens is 222 g/mol. The molecule has 6 heteroatoms. The van der Waals surface area contributed by atoms with Gasteiger partial charge in [-0.2, -0.15) is 0 Å². The van der Waals surface area contributed by atoms with Crippen molar-refractivity contribution in [3.8, 4) is 0 Å². The van der Waals surface area contributed by atoms with Crippen LogP contribution in [0.2, 0.25) is 0 Å². The molecule has 17 heavy (non-hydrogen) atoms. The molecule has 0 aromatic rings. The van der Waals surface area contributed by atoms with Gasteiger partial charge in [-0.25, -0.2) is 4.79 Å². The summed E-state index contributed by atoms with van der Waals surface area (Å²) in [7, 11) is 0. The van der Waals surface area contributed by atoms with Crippen LogP contribution in [0.25, 0.3) is 0 Å². The number of nitrogens with one attached hydrogen (secondary N) is 1. The van der Waals surface area contributed by atoms with Crippen molar-refractivity contribution in [1.82, 2.24) is 15.1 Å². The van der Waals surface area contributed by atoms with Crippen molar-refractivity contribution in [1.29, 1.82) is 0 Å². The number of carbonyl (C=O) groups is 2. The van der Waals surface area contributed by atoms with Gasteiger partial charge in [0.25, 0.3) is 0 Å². The Bertz CT molecular complexity index is 337. The molecule has 6 nitrogen and oxygen atoms in total. The Morgan fingerprint density at radius 2 is 2.12 bits per heavy atom. The van der Waals surface area contributed by atoms with E-state index in [1.54, 1.807) is 4.90 Å². The lowest BCUT2D eigenvalue weighted by Crippen LogP contribution is -2.54. The van der Waals surface area contributed by atoms with Crippen LogP contribution in [0, 0.1) is 0 Å². The number of hydrogen-bond acceptors (Lipinski definition) is 4. The van der Waals surface area contributed by atoms with Crippen LogP contribution in [-0.4, -0.2) is 59.7 Å². The van der Waals surface area contributed by atoms with Crippen LogP contribution >= 0.6 is 0 Å². The summed E-state index contributed by atoms with van der Waals surface area (Å²) in [4.78, 5) is 27.0. The third-order valence-corrected chi connectivity index (χ3v) is 2.90. The molecule has 2 aliphatic heterocycles. The highest BCUT2D eigenvalue weighted by atomic mass is 16.6. The highest BCUT2D eigenvalue weighted by molar-refractivity contribution is 5.84. The van der Waals surface area contributed by atoms with Gasteiger partial charge in [0.2, 0.25) is 5.91 Å².